The molecular weight excluding hydrogens is 532 g/mol. The summed E-state index contributed by atoms with van der Waals surface area (Å²) in [4.78, 5) is 0. The highest BCUT2D eigenvalue weighted by Gasteiger charge is 2.16. The van der Waals surface area contributed by atoms with Crippen molar-refractivity contribution in [1.29, 1.82) is 0 Å². The number of aliphatic hydroxyl groups is 1. The van der Waals surface area contributed by atoms with Crippen LogP contribution in [0.3, 0.4) is 0 Å². The number of benzene rings is 3. The summed E-state index contributed by atoms with van der Waals surface area (Å²) in [6.45, 7) is 11.1. The van der Waals surface area contributed by atoms with Crippen LogP contribution in [0.5, 0.6) is 34.5 Å². The minimum Gasteiger partial charge on any atom is -0.504 e. The van der Waals surface area contributed by atoms with Gasteiger partial charge in [-0.15, -0.1) is 32.1 Å². The highest BCUT2D eigenvalue weighted by atomic mass is 35.5. The monoisotopic (exact) mass is 572 g/mol. The number of halogens is 1. The Hall–Kier alpha value is -4.07. The molecule has 0 saturated carbocycles. The maximum atomic E-state index is 10.5. The minimum absolute atomic E-state index is 0. The van der Waals surface area contributed by atoms with Gasteiger partial charge in [-0.25, -0.2) is 0 Å². The zero-order valence-electron chi connectivity index (χ0n) is 23.6. The van der Waals surface area contributed by atoms with Crippen LogP contribution < -0.4 is 14.2 Å². The third-order valence-corrected chi connectivity index (χ3v) is 5.63. The van der Waals surface area contributed by atoms with Crippen LogP contribution >= 0.6 is 12.4 Å². The number of rotatable bonds is 11. The molecule has 0 spiro atoms. The molecule has 0 radical (unpaired) electrons. The quantitative estimate of drug-likeness (QED) is 0.199. The fourth-order valence-electron chi connectivity index (χ4n) is 3.83. The highest BCUT2D eigenvalue weighted by Crippen LogP contribution is 2.38. The lowest BCUT2D eigenvalue weighted by Gasteiger charge is -2.15. The van der Waals surface area contributed by atoms with Gasteiger partial charge in [-0.1, -0.05) is 36.4 Å². The molecule has 3 aromatic carbocycles. The van der Waals surface area contributed by atoms with E-state index in [-0.39, 0.29) is 29.7 Å². The second-order valence-electron chi connectivity index (χ2n) is 8.27. The van der Waals surface area contributed by atoms with E-state index in [2.05, 4.69) is 19.7 Å². The molecular formula is C32H41ClO7. The summed E-state index contributed by atoms with van der Waals surface area (Å²) in [5, 5.41) is 37.2. The van der Waals surface area contributed by atoms with Crippen LogP contribution in [-0.2, 0) is 25.7 Å². The summed E-state index contributed by atoms with van der Waals surface area (Å²) in [6, 6.07) is 12.6. The molecule has 0 amide bonds. The number of hydrogen-bond acceptors (Lipinski definition) is 7. The van der Waals surface area contributed by atoms with E-state index >= 15 is 0 Å². The Morgan fingerprint density at radius 1 is 0.600 bits per heavy atom. The normalized spacial score (nSPS) is 9.43. The van der Waals surface area contributed by atoms with Gasteiger partial charge < -0.3 is 34.6 Å². The average molecular weight is 573 g/mol. The van der Waals surface area contributed by atoms with Gasteiger partial charge in [0.15, 0.2) is 34.5 Å². The van der Waals surface area contributed by atoms with E-state index in [0.717, 1.165) is 30.2 Å². The Labute approximate surface area is 243 Å². The first-order valence-corrected chi connectivity index (χ1v) is 12.2. The molecule has 0 heterocycles. The molecule has 0 bridgehead atoms. The topological polar surface area (TPSA) is 109 Å². The lowest BCUT2D eigenvalue weighted by Crippen LogP contribution is -1.98. The molecule has 40 heavy (non-hydrogen) atoms. The number of ether oxygens (including phenoxy) is 3. The van der Waals surface area contributed by atoms with Gasteiger partial charge in [-0.05, 0) is 60.2 Å². The van der Waals surface area contributed by atoms with Crippen molar-refractivity contribution >= 4 is 12.4 Å². The van der Waals surface area contributed by atoms with Crippen LogP contribution in [0.2, 0.25) is 0 Å². The Kier molecular flexibility index (Phi) is 17.1. The molecule has 8 heteroatoms. The van der Waals surface area contributed by atoms with Gasteiger partial charge in [0.2, 0.25) is 0 Å². The number of allylic oxidation sites excluding steroid dienone is 3. The van der Waals surface area contributed by atoms with Gasteiger partial charge in [0.05, 0.1) is 21.3 Å². The van der Waals surface area contributed by atoms with Crippen molar-refractivity contribution in [2.45, 2.75) is 25.7 Å². The van der Waals surface area contributed by atoms with Gasteiger partial charge in [0.1, 0.15) is 0 Å². The smallest absolute Gasteiger partial charge is 0.161 e. The zero-order valence-corrected chi connectivity index (χ0v) is 24.5. The number of aliphatic hydroxyl groups excluding tert-OH is 1. The summed E-state index contributed by atoms with van der Waals surface area (Å²) < 4.78 is 15.5. The van der Waals surface area contributed by atoms with E-state index in [9.17, 15) is 15.3 Å². The molecule has 4 N–H and O–H groups in total. The number of aromatic hydroxyl groups is 3. The molecule has 0 fully saturated rings. The molecule has 0 aliphatic heterocycles. The van der Waals surface area contributed by atoms with Crippen LogP contribution in [0.15, 0.2) is 80.4 Å². The standard InChI is InChI=1S/C21H24O4.C10H12O2.CH4O.ClH/c1-5-7-14-9-16(20(22)18(11-14)24-3)13-17-10-15(8-6-2)12-19(25-4)21(17)23;1-3-4-8-5-6-9(11)10(7-8)12-2;1-2;/h5-6,9-12,22-23H,1-2,7-8,13H2,3-4H3;3,5-7,11H,1,4H2,2H3;2H,1H3;1H. The summed E-state index contributed by atoms with van der Waals surface area (Å²) in [6.07, 6.45) is 7.86. The van der Waals surface area contributed by atoms with Crippen molar-refractivity contribution < 1.29 is 34.6 Å². The average Bonchev–Trinajstić information content (AvgIpc) is 2.95. The summed E-state index contributed by atoms with van der Waals surface area (Å²) >= 11 is 0. The SMILES string of the molecule is C=CCc1cc(Cc2cc(CC=C)cc(OC)c2O)c(O)c(OC)c1.C=CCc1ccc(O)c(OC)c1.CO.Cl. The zero-order chi connectivity index (χ0) is 29.4. The maximum absolute atomic E-state index is 10.5. The van der Waals surface area contributed by atoms with Crippen molar-refractivity contribution in [2.75, 3.05) is 28.4 Å². The van der Waals surface area contributed by atoms with Gasteiger partial charge in [0, 0.05) is 24.7 Å². The molecule has 3 aromatic rings. The van der Waals surface area contributed by atoms with Gasteiger partial charge in [-0.2, -0.15) is 0 Å². The first-order valence-electron chi connectivity index (χ1n) is 12.2. The van der Waals surface area contributed by atoms with Gasteiger partial charge in [0.25, 0.3) is 0 Å². The third kappa shape index (κ3) is 10.2. The van der Waals surface area contributed by atoms with E-state index in [0.29, 0.717) is 47.6 Å². The minimum atomic E-state index is 0. The molecule has 7 nitrogen and oxygen atoms in total. The van der Waals surface area contributed by atoms with Crippen LogP contribution in [0, 0.1) is 0 Å². The van der Waals surface area contributed by atoms with Gasteiger partial charge in [-0.3, -0.25) is 0 Å². The maximum Gasteiger partial charge on any atom is 0.161 e. The third-order valence-electron chi connectivity index (χ3n) is 5.63. The fraction of sp³-hybridized carbons (Fsp3) is 0.250. The Morgan fingerprint density at radius 2 is 0.975 bits per heavy atom. The number of hydrogen-bond donors (Lipinski definition) is 4. The van der Waals surface area contributed by atoms with Gasteiger partial charge >= 0.3 is 0 Å². The van der Waals surface area contributed by atoms with Crippen molar-refractivity contribution in [3.8, 4) is 34.5 Å². The van der Waals surface area contributed by atoms with E-state index in [4.69, 9.17) is 19.3 Å². The summed E-state index contributed by atoms with van der Waals surface area (Å²) in [7, 11) is 5.57. The highest BCUT2D eigenvalue weighted by molar-refractivity contribution is 5.85. The first kappa shape index (κ1) is 35.9. The van der Waals surface area contributed by atoms with Crippen molar-refractivity contribution in [3.05, 3.63) is 108 Å². The molecule has 0 aliphatic carbocycles. The van der Waals surface area contributed by atoms with E-state index < -0.39 is 0 Å². The number of phenols is 3. The molecule has 3 rings (SSSR count). The van der Waals surface area contributed by atoms with Crippen molar-refractivity contribution in [2.24, 2.45) is 0 Å². The summed E-state index contributed by atoms with van der Waals surface area (Å²) in [5.41, 5.74) is 4.38. The molecule has 218 valence electrons. The number of phenolic OH excluding ortho intramolecular Hbond substituents is 3. The van der Waals surface area contributed by atoms with Crippen molar-refractivity contribution in [3.63, 3.8) is 0 Å². The Morgan fingerprint density at radius 3 is 1.35 bits per heavy atom. The predicted molar refractivity (Wildman–Crippen MR) is 164 cm³/mol. The summed E-state index contributed by atoms with van der Waals surface area (Å²) in [5.74, 6) is 1.64. The Balaban J connectivity index is 0.000000853. The van der Waals surface area contributed by atoms with Crippen LogP contribution in [-0.4, -0.2) is 48.9 Å². The lowest BCUT2D eigenvalue weighted by atomic mass is 9.97. The molecule has 0 atom stereocenters. The van der Waals surface area contributed by atoms with E-state index in [1.165, 1.54) is 21.3 Å². The Bertz CT molecular complexity index is 1170. The van der Waals surface area contributed by atoms with E-state index in [1.807, 2.05) is 24.3 Å². The van der Waals surface area contributed by atoms with Crippen LogP contribution in [0.25, 0.3) is 0 Å². The van der Waals surface area contributed by atoms with Crippen LogP contribution in [0.4, 0.5) is 0 Å². The fourth-order valence-corrected chi connectivity index (χ4v) is 3.83. The van der Waals surface area contributed by atoms with E-state index in [1.54, 1.807) is 36.4 Å². The largest absolute Gasteiger partial charge is 0.504 e. The number of methoxy groups -OCH3 is 3. The molecule has 0 aromatic heterocycles. The second kappa shape index (κ2) is 19.1. The van der Waals surface area contributed by atoms with Crippen molar-refractivity contribution in [1.82, 2.24) is 0 Å². The molecule has 0 saturated heterocycles. The molecule has 0 unspecified atom stereocenters. The second-order valence-corrected chi connectivity index (χ2v) is 8.27. The lowest BCUT2D eigenvalue weighted by molar-refractivity contribution is 0.367. The molecule has 0 aliphatic rings. The van der Waals surface area contributed by atoms with Crippen LogP contribution in [0.1, 0.15) is 27.8 Å². The first-order chi connectivity index (χ1) is 18.8. The predicted octanol–water partition coefficient (Wildman–Crippen LogP) is 6.32.